The molecule has 280 valence electrons. The lowest BCUT2D eigenvalue weighted by atomic mass is 9.96. The molecule has 14 nitrogen and oxygen atoms in total. The van der Waals surface area contributed by atoms with Gasteiger partial charge in [0, 0.05) is 0 Å². The largest absolute Gasteiger partial charge is 0.509 e. The molecule has 0 aromatic heterocycles. The number of ether oxygens (including phenoxy) is 6. The van der Waals surface area contributed by atoms with E-state index in [9.17, 15) is 14.2 Å². The van der Waals surface area contributed by atoms with Gasteiger partial charge in [-0.2, -0.15) is 0 Å². The second-order valence-corrected chi connectivity index (χ2v) is 17.0. The topological polar surface area (TPSA) is 170 Å². The lowest BCUT2D eigenvalue weighted by Crippen LogP contribution is -2.67. The number of carbonyl (C=O) groups excluding carboxylic acids is 2. The van der Waals surface area contributed by atoms with E-state index in [2.05, 4.69) is 11.9 Å². The minimum atomic E-state index is -4.53. The predicted octanol–water partition coefficient (Wildman–Crippen LogP) is 7.71. The number of phosphoric acid groups is 1. The van der Waals surface area contributed by atoms with Gasteiger partial charge in [0.15, 0.2) is 6.10 Å². The van der Waals surface area contributed by atoms with Crippen molar-refractivity contribution in [2.75, 3.05) is 19.8 Å². The van der Waals surface area contributed by atoms with Crippen LogP contribution in [0.4, 0.5) is 9.59 Å². The van der Waals surface area contributed by atoms with E-state index in [1.807, 2.05) is 6.07 Å². The van der Waals surface area contributed by atoms with Crippen molar-refractivity contribution < 1.29 is 56.1 Å². The van der Waals surface area contributed by atoms with Crippen molar-refractivity contribution in [3.8, 4) is 0 Å². The second kappa shape index (κ2) is 18.8. The molecule has 0 saturated carbocycles. The lowest BCUT2D eigenvalue weighted by molar-refractivity contribution is -0.250. The molecular weight excluding hydrogens is 824 g/mol. The van der Waals surface area contributed by atoms with Crippen molar-refractivity contribution in [2.24, 2.45) is 0 Å². The molecular formula is C30H31Cl6N2O12P. The Morgan fingerprint density at radius 1 is 0.941 bits per heavy atom. The number of fused-ring (bicyclic) bond motifs is 1. The highest BCUT2D eigenvalue weighted by atomic mass is 35.6. The number of hydrogen-bond acceptors (Lipinski definition) is 13. The smallest absolute Gasteiger partial charge is 0.446 e. The average Bonchev–Trinajstić information content (AvgIpc) is 3.24. The average molecular weight is 855 g/mol. The van der Waals surface area contributed by atoms with Gasteiger partial charge in [-0.25, -0.2) is 14.2 Å². The van der Waals surface area contributed by atoms with Gasteiger partial charge in [0.05, 0.1) is 26.4 Å². The molecule has 2 N–H and O–H groups in total. The lowest BCUT2D eigenvalue weighted by Gasteiger charge is -2.45. The molecule has 2 aromatic rings. The molecule has 0 radical (unpaired) electrons. The zero-order valence-electron chi connectivity index (χ0n) is 26.2. The fraction of sp³-hybridized carbons (Fsp3) is 0.433. The third kappa shape index (κ3) is 13.1. The monoisotopic (exact) mass is 852 g/mol. The summed E-state index contributed by atoms with van der Waals surface area (Å²) in [6.07, 6.45) is -7.89. The highest BCUT2D eigenvalue weighted by molar-refractivity contribution is 7.48. The summed E-state index contributed by atoms with van der Waals surface area (Å²) in [6.45, 7) is 1.81. The fourth-order valence-electron chi connectivity index (χ4n) is 4.59. The number of halogens is 6. The van der Waals surface area contributed by atoms with Crippen molar-refractivity contribution in [3.63, 3.8) is 0 Å². The standard InChI is InChI=1S/C30H31Cl6N2O12P/c1-2-12-43-28(40)48-24-22(38-27(39)44-17-29(31,32)33)25(49-26(37)30(34,35)36)47-21(16-42-13-18-8-4-3-5-9-18)23(24)50-51(41)45-14-19-10-6-7-11-20(19)15-46-51/h2-11,21-25,37H,1,12-17H2,(H,38,39)/t21-,22-,23-,24-,25-/m1/s1. The van der Waals surface area contributed by atoms with Crippen molar-refractivity contribution >= 4 is 95.6 Å². The zero-order valence-corrected chi connectivity index (χ0v) is 31.7. The number of amides is 1. The van der Waals surface area contributed by atoms with Gasteiger partial charge >= 0.3 is 20.1 Å². The fourth-order valence-corrected chi connectivity index (χ4v) is 6.23. The van der Waals surface area contributed by atoms with Crippen LogP contribution in [0.25, 0.3) is 0 Å². The molecule has 4 rings (SSSR count). The van der Waals surface area contributed by atoms with Crippen LogP contribution in [0.2, 0.25) is 0 Å². The van der Waals surface area contributed by atoms with Crippen LogP contribution in [-0.2, 0) is 66.4 Å². The van der Waals surface area contributed by atoms with Gasteiger partial charge in [0.2, 0.25) is 16.0 Å². The Labute approximate surface area is 322 Å². The van der Waals surface area contributed by atoms with Gasteiger partial charge in [-0.05, 0) is 16.7 Å². The van der Waals surface area contributed by atoms with E-state index in [-0.39, 0.29) is 33.0 Å². The Balaban J connectivity index is 1.73. The number of alkyl halides is 6. The van der Waals surface area contributed by atoms with E-state index in [0.717, 1.165) is 5.56 Å². The van der Waals surface area contributed by atoms with Crippen LogP contribution >= 0.6 is 77.4 Å². The number of rotatable bonds is 12. The van der Waals surface area contributed by atoms with Gasteiger partial charge in [-0.15, -0.1) is 0 Å². The Kier molecular flexibility index (Phi) is 15.4. The first kappa shape index (κ1) is 41.7. The van der Waals surface area contributed by atoms with Crippen LogP contribution in [0.5, 0.6) is 0 Å². The van der Waals surface area contributed by atoms with Gasteiger partial charge in [0.1, 0.15) is 31.5 Å². The third-order valence-electron chi connectivity index (χ3n) is 6.86. The summed E-state index contributed by atoms with van der Waals surface area (Å²) in [5.74, 6) is -0.962. The molecule has 0 unspecified atom stereocenters. The van der Waals surface area contributed by atoms with Crippen molar-refractivity contribution in [3.05, 3.63) is 83.9 Å². The summed E-state index contributed by atoms with van der Waals surface area (Å²) >= 11 is 34.9. The summed E-state index contributed by atoms with van der Waals surface area (Å²) in [7, 11) is -4.53. The van der Waals surface area contributed by atoms with Crippen LogP contribution in [0.1, 0.15) is 16.7 Å². The van der Waals surface area contributed by atoms with Crippen LogP contribution in [-0.4, -0.2) is 76.2 Å². The molecule has 1 fully saturated rings. The van der Waals surface area contributed by atoms with E-state index in [1.165, 1.54) is 6.08 Å². The quantitative estimate of drug-likeness (QED) is 0.0534. The maximum atomic E-state index is 14.1. The number of hydrogen-bond donors (Lipinski definition) is 2. The van der Waals surface area contributed by atoms with E-state index in [1.54, 1.807) is 48.5 Å². The maximum absolute atomic E-state index is 14.1. The number of alkyl carbamates (subject to hydrolysis) is 1. The number of benzene rings is 2. The Bertz CT molecular complexity index is 1530. The molecule has 0 spiro atoms. The van der Waals surface area contributed by atoms with E-state index < -0.39 is 70.8 Å². The van der Waals surface area contributed by atoms with Crippen molar-refractivity contribution in [1.82, 2.24) is 5.32 Å². The summed E-state index contributed by atoms with van der Waals surface area (Å²) in [6, 6.07) is 14.4. The Morgan fingerprint density at radius 3 is 2.16 bits per heavy atom. The third-order valence-corrected chi connectivity index (χ3v) is 9.09. The van der Waals surface area contributed by atoms with E-state index in [0.29, 0.717) is 11.1 Å². The summed E-state index contributed by atoms with van der Waals surface area (Å²) in [5, 5.41) is 10.6. The number of nitrogens with one attached hydrogen (secondary N) is 2. The Hall–Kier alpha value is -2.04. The molecule has 2 aromatic carbocycles. The summed E-state index contributed by atoms with van der Waals surface area (Å²) in [5.41, 5.74) is 2.13. The molecule has 51 heavy (non-hydrogen) atoms. The summed E-state index contributed by atoms with van der Waals surface area (Å²) < 4.78 is 60.3. The van der Waals surface area contributed by atoms with Crippen LogP contribution in [0.15, 0.2) is 67.3 Å². The molecule has 1 amide bonds. The van der Waals surface area contributed by atoms with Gasteiger partial charge < -0.3 is 33.7 Å². The predicted molar refractivity (Wildman–Crippen MR) is 187 cm³/mol. The SMILES string of the molecule is C=CCOC(=O)O[C@@H]1[C@@H](NC(=O)OCC(Cl)(Cl)Cl)[C@@H](OC(=N)C(Cl)(Cl)Cl)O[C@H](COCc2ccccc2)[C@H]1OP1(=O)OCc2ccccc2CO1. The van der Waals surface area contributed by atoms with Gasteiger partial charge in [-0.1, -0.05) is 137 Å². The van der Waals surface area contributed by atoms with Gasteiger partial charge in [-0.3, -0.25) is 19.0 Å². The zero-order chi connectivity index (χ0) is 37.2. The molecule has 5 atom stereocenters. The van der Waals surface area contributed by atoms with Crippen LogP contribution in [0.3, 0.4) is 0 Å². The molecule has 21 heteroatoms. The molecule has 0 bridgehead atoms. The highest BCUT2D eigenvalue weighted by Gasteiger charge is 2.55. The maximum Gasteiger partial charge on any atom is 0.509 e. The van der Waals surface area contributed by atoms with E-state index in [4.69, 9.17) is 117 Å². The normalized spacial score (nSPS) is 23.1. The van der Waals surface area contributed by atoms with Gasteiger partial charge in [0.25, 0.3) is 3.79 Å². The number of phosphoric ester groups is 1. The van der Waals surface area contributed by atoms with Crippen LogP contribution in [0, 0.1) is 5.41 Å². The molecule has 1 saturated heterocycles. The second-order valence-electron chi connectivity index (χ2n) is 10.6. The van der Waals surface area contributed by atoms with Crippen molar-refractivity contribution in [1.29, 1.82) is 5.41 Å². The highest BCUT2D eigenvalue weighted by Crippen LogP contribution is 2.55. The minimum Gasteiger partial charge on any atom is -0.446 e. The van der Waals surface area contributed by atoms with E-state index >= 15 is 0 Å². The van der Waals surface area contributed by atoms with Crippen molar-refractivity contribution in [2.45, 2.75) is 58.0 Å². The minimum absolute atomic E-state index is 0.0564. The first-order valence-electron chi connectivity index (χ1n) is 14.7. The molecule has 2 heterocycles. The first-order chi connectivity index (χ1) is 24.1. The molecule has 2 aliphatic rings. The Morgan fingerprint density at radius 2 is 1.57 bits per heavy atom. The van der Waals surface area contributed by atoms with Crippen LogP contribution < -0.4 is 5.32 Å². The first-order valence-corrected chi connectivity index (χ1v) is 18.5. The number of carbonyl (C=O) groups is 2. The molecule has 0 aliphatic carbocycles. The summed E-state index contributed by atoms with van der Waals surface area (Å²) in [4.78, 5) is 26.0. The molecule has 2 aliphatic heterocycles.